The molecule has 42 heavy (non-hydrogen) atoms. The van der Waals surface area contributed by atoms with Gasteiger partial charge >= 0.3 is 53.5 Å². The van der Waals surface area contributed by atoms with Gasteiger partial charge in [-0.1, -0.05) is 90.8 Å². The van der Waals surface area contributed by atoms with E-state index in [1.807, 2.05) is 23.0 Å². The van der Waals surface area contributed by atoms with Crippen molar-refractivity contribution in [1.29, 1.82) is 0 Å². The first-order chi connectivity index (χ1) is 20.4. The Hall–Kier alpha value is -3.01. The number of hydrogen-bond donors (Lipinski definition) is 0. The molecule has 0 spiro atoms. The maximum Gasteiger partial charge on any atom is 0.0493 e. The predicted molar refractivity (Wildman–Crippen MR) is 181 cm³/mol. The van der Waals surface area contributed by atoms with E-state index in [-0.39, 0.29) is 5.43 Å². The van der Waals surface area contributed by atoms with Gasteiger partial charge in [0, 0.05) is 12.4 Å². The fourth-order valence-electron chi connectivity index (χ4n) is 4.90. The van der Waals surface area contributed by atoms with Crippen molar-refractivity contribution in [2.45, 2.75) is 20.0 Å². The van der Waals surface area contributed by atoms with Gasteiger partial charge in [-0.3, -0.25) is 4.68 Å². The quantitative estimate of drug-likeness (QED) is 0.134. The van der Waals surface area contributed by atoms with Crippen LogP contribution in [0.25, 0.3) is 49.5 Å². The molecule has 6 aromatic carbocycles. The Kier molecular flexibility index (Phi) is 10.5. The molecule has 0 aliphatic heterocycles. The van der Waals surface area contributed by atoms with Gasteiger partial charge in [0.2, 0.25) is 0 Å². The minimum Gasteiger partial charge on any atom is -0.260 e. The van der Waals surface area contributed by atoms with Gasteiger partial charge in [-0.15, -0.1) is 69.6 Å². The molecular weight excluding hydrogens is 651 g/mol. The first-order valence-electron chi connectivity index (χ1n) is 13.9. The molecule has 7 rings (SSSR count). The summed E-state index contributed by atoms with van der Waals surface area (Å²) in [7, 11) is 11.2. The van der Waals surface area contributed by atoms with Crippen molar-refractivity contribution >= 4 is 44.0 Å². The normalized spacial score (nSPS) is 10.5. The maximum atomic E-state index is 5.62. The molecular formula is C36H32Cl2N2SiZr-2. The molecule has 7 aromatic rings. The molecule has 0 amide bonds. The summed E-state index contributed by atoms with van der Waals surface area (Å²) in [5.74, 6) is 0. The smallest absolute Gasteiger partial charge is 0.0493 e. The Morgan fingerprint density at radius 1 is 0.667 bits per heavy atom. The molecule has 0 atom stereocenters. The predicted octanol–water partition coefficient (Wildman–Crippen LogP) is 11.1. The van der Waals surface area contributed by atoms with Crippen molar-refractivity contribution in [2.75, 3.05) is 0 Å². The van der Waals surface area contributed by atoms with Crippen molar-refractivity contribution in [3.63, 3.8) is 0 Å². The average Bonchev–Trinajstić information content (AvgIpc) is 3.77. The van der Waals surface area contributed by atoms with Crippen LogP contribution in [0, 0.1) is 6.92 Å². The number of rotatable bonds is 3. The van der Waals surface area contributed by atoms with Crippen LogP contribution in [0.1, 0.15) is 5.56 Å². The molecule has 0 aliphatic carbocycles. The van der Waals surface area contributed by atoms with Gasteiger partial charge in [-0.25, -0.2) is 0 Å². The van der Waals surface area contributed by atoms with Crippen LogP contribution in [-0.2, 0) is 18.0 Å². The second kappa shape index (κ2) is 14.4. The van der Waals surface area contributed by atoms with Gasteiger partial charge in [0.15, 0.2) is 0 Å². The van der Waals surface area contributed by atoms with Crippen LogP contribution in [0.2, 0.25) is 13.1 Å². The zero-order valence-electron chi connectivity index (χ0n) is 23.9. The van der Waals surface area contributed by atoms with Crippen LogP contribution >= 0.6 is 17.0 Å². The maximum absolute atomic E-state index is 5.62. The summed E-state index contributed by atoms with van der Waals surface area (Å²) in [4.78, 5) is 0. The van der Waals surface area contributed by atoms with E-state index in [9.17, 15) is 0 Å². The molecule has 0 fully saturated rings. The summed E-state index contributed by atoms with van der Waals surface area (Å²) in [6.45, 7) is 6.48. The van der Waals surface area contributed by atoms with Gasteiger partial charge in [0.25, 0.3) is 0 Å². The Balaban J connectivity index is 0.000000144. The molecule has 0 aliphatic rings. The zero-order chi connectivity index (χ0) is 29.5. The summed E-state index contributed by atoms with van der Waals surface area (Å²) in [6, 6.07) is 44.8. The van der Waals surface area contributed by atoms with Crippen LogP contribution in [0.3, 0.4) is 0 Å². The average molecular weight is 683 g/mol. The van der Waals surface area contributed by atoms with Crippen LogP contribution < -0.4 is 0 Å². The monoisotopic (exact) mass is 680 g/mol. The second-order valence-corrected chi connectivity index (χ2v) is 33.3. The van der Waals surface area contributed by atoms with Crippen molar-refractivity contribution in [3.05, 3.63) is 145 Å². The number of fused-ring (bicyclic) bond motifs is 2. The molecule has 210 valence electrons. The largest absolute Gasteiger partial charge is 0.260 e. The third kappa shape index (κ3) is 7.49. The Morgan fingerprint density at radius 3 is 1.69 bits per heavy atom. The van der Waals surface area contributed by atoms with Gasteiger partial charge in [0.05, 0.1) is 0 Å². The minimum atomic E-state index is -1.65. The molecule has 0 radical (unpaired) electrons. The molecule has 6 heteroatoms. The standard InChI is InChI=1S/C18H13N2.C16H13.C2H6Si.2ClH.Zr/c1-2-6-14(7-3-1)17-9-4-8-15-12-16(13-18(15)17)20-11-5-10-19-20;1-12-10-14-8-5-9-15(16(14)11-12)13-6-3-2-4-7-13;1-3-2;;;/h1-13H;2-11H,1H3;1-2H3;2*1H;/q2*-1;;;;+2/p-2. The van der Waals surface area contributed by atoms with Gasteiger partial charge in [0.1, 0.15) is 0 Å². The van der Waals surface area contributed by atoms with Crippen LogP contribution in [0.5, 0.6) is 0 Å². The first-order valence-corrected chi connectivity index (χ1v) is 26.4. The van der Waals surface area contributed by atoms with Crippen LogP contribution in [0.4, 0.5) is 0 Å². The summed E-state index contributed by atoms with van der Waals surface area (Å²) in [5.41, 5.74) is 7.34. The Morgan fingerprint density at radius 2 is 1.19 bits per heavy atom. The molecule has 0 unspecified atom stereocenters. The molecule has 2 nitrogen and oxygen atoms in total. The fourth-order valence-corrected chi connectivity index (χ4v) is 4.90. The summed E-state index contributed by atoms with van der Waals surface area (Å²) in [6.07, 6.45) is 3.77. The molecule has 0 saturated heterocycles. The van der Waals surface area contributed by atoms with E-state index >= 15 is 0 Å². The first kappa shape index (κ1) is 30.4. The second-order valence-electron chi connectivity index (χ2n) is 10.3. The van der Waals surface area contributed by atoms with Crippen molar-refractivity contribution in [3.8, 4) is 27.9 Å². The van der Waals surface area contributed by atoms with E-state index in [1.165, 1.54) is 49.4 Å². The molecule has 0 bridgehead atoms. The third-order valence-electron chi connectivity index (χ3n) is 6.95. The van der Waals surface area contributed by atoms with Gasteiger partial charge in [-0.05, 0) is 22.9 Å². The number of nitrogens with zero attached hydrogens (tertiary/aromatic N) is 2. The molecule has 0 saturated carbocycles. The van der Waals surface area contributed by atoms with E-state index in [2.05, 4.69) is 140 Å². The fraction of sp³-hybridized carbons (Fsp3) is 0.0833. The summed E-state index contributed by atoms with van der Waals surface area (Å²) >= 11 is -1.65. The Labute approximate surface area is 263 Å². The zero-order valence-corrected chi connectivity index (χ0v) is 28.9. The Bertz CT molecular complexity index is 1900. The van der Waals surface area contributed by atoms with E-state index < -0.39 is 18.0 Å². The van der Waals surface area contributed by atoms with Gasteiger partial charge < -0.3 is 0 Å². The van der Waals surface area contributed by atoms with E-state index in [0.717, 1.165) is 5.69 Å². The number of halogens is 2. The van der Waals surface area contributed by atoms with Gasteiger partial charge in [-0.2, -0.15) is 11.2 Å². The number of aryl methyl sites for hydroxylation is 1. The van der Waals surface area contributed by atoms with Crippen molar-refractivity contribution < 1.29 is 18.0 Å². The minimum absolute atomic E-state index is 0.224. The SMILES string of the molecule is C[Si](C)=[Zr]([Cl])[Cl].Cc1cc2c(-c3ccccc3)cccc2[cH-]1.c1ccc(-c2cccc3[cH-]c(-n4cccn4)cc23)cc1. The van der Waals surface area contributed by atoms with E-state index in [1.54, 1.807) is 6.20 Å². The number of aromatic nitrogens is 2. The van der Waals surface area contributed by atoms with Crippen molar-refractivity contribution in [2.24, 2.45) is 0 Å². The molecule has 1 aromatic heterocycles. The number of hydrogen-bond acceptors (Lipinski definition) is 1. The molecule has 1 heterocycles. The summed E-state index contributed by atoms with van der Waals surface area (Å²) in [5, 5.41) is 9.50. The third-order valence-corrected chi connectivity index (χ3v) is 26.7. The van der Waals surface area contributed by atoms with Crippen LogP contribution in [0.15, 0.2) is 140 Å². The molecule has 0 N–H and O–H groups in total. The van der Waals surface area contributed by atoms with Crippen molar-refractivity contribution in [1.82, 2.24) is 9.78 Å². The summed E-state index contributed by atoms with van der Waals surface area (Å²) < 4.78 is 1.90. The topological polar surface area (TPSA) is 17.8 Å². The van der Waals surface area contributed by atoms with E-state index in [4.69, 9.17) is 17.0 Å². The van der Waals surface area contributed by atoms with E-state index in [0.29, 0.717) is 0 Å². The van der Waals surface area contributed by atoms with Crippen LogP contribution in [-0.4, -0.2) is 15.2 Å². The number of benzene rings is 4.